The third-order valence-corrected chi connectivity index (χ3v) is 3.10. The van der Waals surface area contributed by atoms with Crippen molar-refractivity contribution in [3.05, 3.63) is 35.4 Å². The van der Waals surface area contributed by atoms with E-state index in [1.807, 2.05) is 24.3 Å². The summed E-state index contributed by atoms with van der Waals surface area (Å²) in [5.74, 6) is 0.178. The van der Waals surface area contributed by atoms with E-state index in [2.05, 4.69) is 0 Å². The summed E-state index contributed by atoms with van der Waals surface area (Å²) < 4.78 is 0. The maximum atomic E-state index is 11.8. The van der Waals surface area contributed by atoms with Gasteiger partial charge in [-0.25, -0.2) is 0 Å². The third-order valence-electron chi connectivity index (χ3n) is 3.10. The average Bonchev–Trinajstić information content (AvgIpc) is 2.26. The molecule has 0 spiro atoms. The van der Waals surface area contributed by atoms with Crippen molar-refractivity contribution in [3.63, 3.8) is 0 Å². The minimum Gasteiger partial charge on any atom is -0.370 e. The highest BCUT2D eigenvalue weighted by Gasteiger charge is 2.24. The van der Waals surface area contributed by atoms with Crippen molar-refractivity contribution in [2.45, 2.75) is 25.7 Å². The smallest absolute Gasteiger partial charge is 0.217 e. The first-order valence-corrected chi connectivity index (χ1v) is 5.56. The molecule has 1 aromatic carbocycles. The zero-order valence-electron chi connectivity index (χ0n) is 9.11. The number of hydrogen-bond donors (Lipinski definition) is 1. The Labute approximate surface area is 94.6 Å². The zero-order chi connectivity index (χ0) is 11.5. The molecule has 0 saturated heterocycles. The molecule has 0 aliphatic heterocycles. The summed E-state index contributed by atoms with van der Waals surface area (Å²) in [5, 5.41) is 0. The molecule has 1 amide bonds. The molecule has 0 bridgehead atoms. The second kappa shape index (κ2) is 4.47. The van der Waals surface area contributed by atoms with Gasteiger partial charge in [0.1, 0.15) is 0 Å². The van der Waals surface area contributed by atoms with Crippen molar-refractivity contribution in [1.82, 2.24) is 0 Å². The van der Waals surface area contributed by atoms with E-state index in [0.717, 1.165) is 24.0 Å². The minimum atomic E-state index is -0.286. The largest absolute Gasteiger partial charge is 0.370 e. The number of hydrogen-bond acceptors (Lipinski definition) is 2. The van der Waals surface area contributed by atoms with Gasteiger partial charge in [0.05, 0.1) is 0 Å². The van der Waals surface area contributed by atoms with Crippen LogP contribution in [0.5, 0.6) is 0 Å². The van der Waals surface area contributed by atoms with Crippen LogP contribution in [0.3, 0.4) is 0 Å². The summed E-state index contributed by atoms with van der Waals surface area (Å²) in [7, 11) is 0. The van der Waals surface area contributed by atoms with Gasteiger partial charge in [-0.15, -0.1) is 0 Å². The number of ketones is 1. The van der Waals surface area contributed by atoms with Crippen molar-refractivity contribution in [2.24, 2.45) is 11.7 Å². The van der Waals surface area contributed by atoms with Crippen LogP contribution in [-0.4, -0.2) is 11.7 Å². The first kappa shape index (κ1) is 10.9. The molecule has 1 aliphatic rings. The first-order chi connectivity index (χ1) is 7.66. The highest BCUT2D eigenvalue weighted by molar-refractivity contribution is 5.98. The molecule has 0 radical (unpaired) electrons. The molecule has 0 fully saturated rings. The molecule has 0 heterocycles. The molecule has 1 atom stereocenters. The van der Waals surface area contributed by atoms with Crippen LogP contribution in [0, 0.1) is 5.92 Å². The molecule has 3 nitrogen and oxygen atoms in total. The molecule has 2 rings (SSSR count). The summed E-state index contributed by atoms with van der Waals surface area (Å²) in [6.07, 6.45) is 2.52. The molecule has 0 aromatic heterocycles. The molecule has 16 heavy (non-hydrogen) atoms. The normalized spacial score (nSPS) is 19.2. The monoisotopic (exact) mass is 217 g/mol. The molecule has 1 aliphatic carbocycles. The SMILES string of the molecule is NC(=O)CCC1CC(=O)c2ccccc2C1. The van der Waals surface area contributed by atoms with Crippen LogP contribution in [0.15, 0.2) is 24.3 Å². The lowest BCUT2D eigenvalue weighted by atomic mass is 9.81. The maximum absolute atomic E-state index is 11.8. The van der Waals surface area contributed by atoms with Gasteiger partial charge in [-0.2, -0.15) is 0 Å². The van der Waals surface area contributed by atoms with E-state index < -0.39 is 0 Å². The molecular formula is C13H15NO2. The Morgan fingerprint density at radius 2 is 2.06 bits per heavy atom. The Morgan fingerprint density at radius 1 is 1.31 bits per heavy atom. The Morgan fingerprint density at radius 3 is 2.81 bits per heavy atom. The van der Waals surface area contributed by atoms with Crippen LogP contribution < -0.4 is 5.73 Å². The summed E-state index contributed by atoms with van der Waals surface area (Å²) >= 11 is 0. The van der Waals surface area contributed by atoms with Gasteiger partial charge >= 0.3 is 0 Å². The van der Waals surface area contributed by atoms with Gasteiger partial charge in [-0.3, -0.25) is 9.59 Å². The minimum absolute atomic E-state index is 0.191. The zero-order valence-corrected chi connectivity index (χ0v) is 9.11. The van der Waals surface area contributed by atoms with Crippen LogP contribution in [-0.2, 0) is 11.2 Å². The van der Waals surface area contributed by atoms with E-state index in [0.29, 0.717) is 12.8 Å². The number of fused-ring (bicyclic) bond motifs is 1. The molecule has 1 aromatic rings. The molecule has 2 N–H and O–H groups in total. The van der Waals surface area contributed by atoms with Crippen LogP contribution in [0.25, 0.3) is 0 Å². The van der Waals surface area contributed by atoms with Gasteiger partial charge in [0.15, 0.2) is 5.78 Å². The Bertz CT molecular complexity index is 426. The van der Waals surface area contributed by atoms with Gasteiger partial charge in [-0.1, -0.05) is 24.3 Å². The van der Waals surface area contributed by atoms with E-state index >= 15 is 0 Å². The first-order valence-electron chi connectivity index (χ1n) is 5.56. The quantitative estimate of drug-likeness (QED) is 0.837. The Kier molecular flexibility index (Phi) is 3.04. The Hall–Kier alpha value is -1.64. The highest BCUT2D eigenvalue weighted by atomic mass is 16.1. The average molecular weight is 217 g/mol. The number of rotatable bonds is 3. The lowest BCUT2D eigenvalue weighted by molar-refractivity contribution is -0.118. The fourth-order valence-electron chi connectivity index (χ4n) is 2.28. The number of nitrogens with two attached hydrogens (primary N) is 1. The molecule has 1 unspecified atom stereocenters. The van der Waals surface area contributed by atoms with Crippen LogP contribution in [0.2, 0.25) is 0 Å². The predicted octanol–water partition coefficient (Wildman–Crippen LogP) is 1.70. The number of carbonyl (C=O) groups is 2. The van der Waals surface area contributed by atoms with E-state index in [1.165, 1.54) is 0 Å². The maximum Gasteiger partial charge on any atom is 0.217 e. The molecule has 0 saturated carbocycles. The molecule has 3 heteroatoms. The van der Waals surface area contributed by atoms with Crippen molar-refractivity contribution < 1.29 is 9.59 Å². The summed E-state index contributed by atoms with van der Waals surface area (Å²) in [4.78, 5) is 22.5. The van der Waals surface area contributed by atoms with Crippen molar-refractivity contribution in [2.75, 3.05) is 0 Å². The fourth-order valence-corrected chi connectivity index (χ4v) is 2.28. The van der Waals surface area contributed by atoms with Crippen molar-refractivity contribution in [3.8, 4) is 0 Å². The number of primary amides is 1. The lowest BCUT2D eigenvalue weighted by Gasteiger charge is -2.22. The van der Waals surface area contributed by atoms with Gasteiger partial charge in [-0.05, 0) is 24.3 Å². The summed E-state index contributed by atoms with van der Waals surface area (Å²) in [5.41, 5.74) is 7.07. The van der Waals surface area contributed by atoms with Gasteiger partial charge in [0, 0.05) is 18.4 Å². The standard InChI is InChI=1S/C13H15NO2/c14-13(16)6-5-9-7-10-3-1-2-4-11(10)12(15)8-9/h1-4,9H,5-8H2,(H2,14,16). The number of carbonyl (C=O) groups excluding carboxylic acids is 2. The van der Waals surface area contributed by atoms with E-state index in [-0.39, 0.29) is 17.6 Å². The van der Waals surface area contributed by atoms with E-state index in [4.69, 9.17) is 5.73 Å². The van der Waals surface area contributed by atoms with Gasteiger partial charge < -0.3 is 5.73 Å². The topological polar surface area (TPSA) is 60.2 Å². The van der Waals surface area contributed by atoms with Crippen LogP contribution in [0.4, 0.5) is 0 Å². The van der Waals surface area contributed by atoms with E-state index in [1.54, 1.807) is 0 Å². The number of benzene rings is 1. The number of Topliss-reactive ketones (excluding diaryl/α,β-unsaturated/α-hetero) is 1. The Balaban J connectivity index is 2.09. The third kappa shape index (κ3) is 2.30. The summed E-state index contributed by atoms with van der Waals surface area (Å²) in [6, 6.07) is 7.70. The van der Waals surface area contributed by atoms with Crippen LogP contribution >= 0.6 is 0 Å². The number of amides is 1. The van der Waals surface area contributed by atoms with E-state index in [9.17, 15) is 9.59 Å². The van der Waals surface area contributed by atoms with Crippen molar-refractivity contribution >= 4 is 11.7 Å². The van der Waals surface area contributed by atoms with Gasteiger partial charge in [0.2, 0.25) is 5.91 Å². The lowest BCUT2D eigenvalue weighted by Crippen LogP contribution is -2.22. The highest BCUT2D eigenvalue weighted by Crippen LogP contribution is 2.27. The molecule has 84 valence electrons. The molecular weight excluding hydrogens is 202 g/mol. The van der Waals surface area contributed by atoms with Gasteiger partial charge in [0.25, 0.3) is 0 Å². The van der Waals surface area contributed by atoms with Crippen LogP contribution in [0.1, 0.15) is 35.2 Å². The summed E-state index contributed by atoms with van der Waals surface area (Å²) in [6.45, 7) is 0. The van der Waals surface area contributed by atoms with Crippen molar-refractivity contribution in [1.29, 1.82) is 0 Å². The fraction of sp³-hybridized carbons (Fsp3) is 0.385. The predicted molar refractivity (Wildman–Crippen MR) is 61.0 cm³/mol. The second-order valence-corrected chi connectivity index (χ2v) is 4.36. The second-order valence-electron chi connectivity index (χ2n) is 4.36.